The van der Waals surface area contributed by atoms with E-state index in [2.05, 4.69) is 11.1 Å². The summed E-state index contributed by atoms with van der Waals surface area (Å²) < 4.78 is 31.8. The highest BCUT2D eigenvalue weighted by Gasteiger charge is 2.33. The Bertz CT molecular complexity index is 1290. The highest BCUT2D eigenvalue weighted by Crippen LogP contribution is 2.28. The number of piperazine rings is 1. The maximum Gasteiger partial charge on any atom is 0.284 e. The summed E-state index contributed by atoms with van der Waals surface area (Å²) in [5, 5.41) is 2.16. The van der Waals surface area contributed by atoms with E-state index in [9.17, 15) is 18.0 Å². The number of nitrogens with zero attached hydrogens (tertiary/aromatic N) is 3. The Hall–Kier alpha value is -3.02. The number of hydrogen-bond donors (Lipinski definition) is 1. The van der Waals surface area contributed by atoms with E-state index in [0.29, 0.717) is 5.69 Å². The Kier molecular flexibility index (Phi) is 5.89. The van der Waals surface area contributed by atoms with E-state index in [1.165, 1.54) is 27.8 Å². The molecule has 9 nitrogen and oxygen atoms in total. The van der Waals surface area contributed by atoms with E-state index in [-0.39, 0.29) is 42.9 Å². The molecule has 2 aromatic heterocycles. The Morgan fingerprint density at radius 2 is 1.81 bits per heavy atom. The van der Waals surface area contributed by atoms with Gasteiger partial charge in [0.15, 0.2) is 5.76 Å². The molecule has 4 rings (SSSR count). The Labute approximate surface area is 189 Å². The maximum atomic E-state index is 12.9. The maximum absolute atomic E-state index is 12.9. The molecule has 0 radical (unpaired) electrons. The second-order valence-corrected chi connectivity index (χ2v) is 10.3. The largest absolute Gasteiger partial charge is 0.438 e. The highest BCUT2D eigenvalue weighted by molar-refractivity contribution is 7.89. The van der Waals surface area contributed by atoms with Gasteiger partial charge in [0.05, 0.1) is 0 Å². The fraction of sp³-hybridized carbons (Fsp3) is 0.286. The van der Waals surface area contributed by atoms with Gasteiger partial charge in [-0.1, -0.05) is 23.8 Å². The third-order valence-electron chi connectivity index (χ3n) is 5.28. The number of nitrogens with two attached hydrogens (primary N) is 1. The van der Waals surface area contributed by atoms with Gasteiger partial charge in [-0.15, -0.1) is 11.3 Å². The van der Waals surface area contributed by atoms with Crippen LogP contribution >= 0.6 is 11.3 Å². The lowest BCUT2D eigenvalue weighted by Gasteiger charge is -2.33. The van der Waals surface area contributed by atoms with Crippen LogP contribution in [0.5, 0.6) is 0 Å². The van der Waals surface area contributed by atoms with Gasteiger partial charge in [0.1, 0.15) is 10.7 Å². The van der Waals surface area contributed by atoms with Crippen molar-refractivity contribution in [2.24, 2.45) is 5.73 Å². The van der Waals surface area contributed by atoms with Crippen molar-refractivity contribution in [2.45, 2.75) is 18.9 Å². The molecule has 32 heavy (non-hydrogen) atoms. The number of furan rings is 1. The third-order valence-corrected chi connectivity index (χ3v) is 7.93. The van der Waals surface area contributed by atoms with E-state index in [1.807, 2.05) is 26.0 Å². The molecule has 0 atom stereocenters. The van der Waals surface area contributed by atoms with Gasteiger partial charge in [-0.2, -0.15) is 4.31 Å². The van der Waals surface area contributed by atoms with Gasteiger partial charge in [-0.3, -0.25) is 9.59 Å². The number of amides is 2. The summed E-state index contributed by atoms with van der Waals surface area (Å²) >= 11 is 1.41. The van der Waals surface area contributed by atoms with E-state index in [4.69, 9.17) is 10.2 Å². The molecule has 2 N–H and O–H groups in total. The summed E-state index contributed by atoms with van der Waals surface area (Å²) in [6.45, 7) is 4.69. The van der Waals surface area contributed by atoms with E-state index >= 15 is 0 Å². The van der Waals surface area contributed by atoms with Crippen molar-refractivity contribution in [2.75, 3.05) is 26.2 Å². The van der Waals surface area contributed by atoms with Gasteiger partial charge in [-0.05, 0) is 31.5 Å². The first kappa shape index (κ1) is 22.2. The molecule has 1 saturated heterocycles. The minimum atomic E-state index is -3.92. The lowest BCUT2D eigenvalue weighted by molar-refractivity contribution is 0.0691. The van der Waals surface area contributed by atoms with Crippen LogP contribution in [0.2, 0.25) is 0 Å². The van der Waals surface area contributed by atoms with Gasteiger partial charge in [0, 0.05) is 37.1 Å². The van der Waals surface area contributed by atoms with Crippen LogP contribution < -0.4 is 5.73 Å². The van der Waals surface area contributed by atoms with Crippen molar-refractivity contribution < 1.29 is 22.4 Å². The molecule has 0 aliphatic carbocycles. The van der Waals surface area contributed by atoms with Crippen molar-refractivity contribution in [3.63, 3.8) is 0 Å². The van der Waals surface area contributed by atoms with E-state index in [1.54, 1.807) is 10.3 Å². The zero-order valence-electron chi connectivity index (χ0n) is 17.6. The predicted molar refractivity (Wildman–Crippen MR) is 119 cm³/mol. The fourth-order valence-corrected chi connectivity index (χ4v) is 5.78. The molecule has 0 bridgehead atoms. The Balaban J connectivity index is 1.43. The minimum absolute atomic E-state index is 0.106. The van der Waals surface area contributed by atoms with Gasteiger partial charge in [-0.25, -0.2) is 13.4 Å². The Morgan fingerprint density at radius 3 is 2.44 bits per heavy atom. The van der Waals surface area contributed by atoms with Crippen LogP contribution in [0.3, 0.4) is 0 Å². The topological polar surface area (TPSA) is 127 Å². The number of aromatic nitrogens is 1. The molecule has 1 fully saturated rings. The first-order valence-electron chi connectivity index (χ1n) is 9.89. The number of benzene rings is 1. The van der Waals surface area contributed by atoms with Gasteiger partial charge < -0.3 is 15.1 Å². The SMILES string of the molecule is Cc1ccc(-c2nc(C(=O)N3CCN(S(=O)(=O)c4ccc(C(N)=O)o4)CC3)cs2)c(C)c1. The van der Waals surface area contributed by atoms with Crippen molar-refractivity contribution in [1.82, 2.24) is 14.2 Å². The fourth-order valence-electron chi connectivity index (χ4n) is 3.56. The molecule has 0 spiro atoms. The molecule has 1 aliphatic heterocycles. The average Bonchev–Trinajstić information content (AvgIpc) is 3.44. The standard InChI is InChI=1S/C21H22N4O5S2/c1-13-3-4-15(14(2)11-13)20-23-16(12-31-20)21(27)24-7-9-25(10-8-24)32(28,29)18-6-5-17(30-18)19(22)26/h3-6,11-12H,7-10H2,1-2H3,(H2,22,26). The van der Waals surface area contributed by atoms with E-state index in [0.717, 1.165) is 21.7 Å². The normalized spacial score (nSPS) is 15.1. The average molecular weight is 475 g/mol. The molecule has 0 unspecified atom stereocenters. The number of thiazole rings is 1. The summed E-state index contributed by atoms with van der Waals surface area (Å²) in [5.41, 5.74) is 8.71. The van der Waals surface area contributed by atoms with Gasteiger partial charge in [0.2, 0.25) is 5.09 Å². The second kappa shape index (κ2) is 8.49. The molecule has 3 heterocycles. The summed E-state index contributed by atoms with van der Waals surface area (Å²) in [5.74, 6) is -1.30. The molecule has 2 amide bonds. The van der Waals surface area contributed by atoms with Crippen molar-refractivity contribution >= 4 is 33.2 Å². The lowest BCUT2D eigenvalue weighted by atomic mass is 10.1. The quantitative estimate of drug-likeness (QED) is 0.604. The zero-order valence-corrected chi connectivity index (χ0v) is 19.2. The monoisotopic (exact) mass is 474 g/mol. The summed E-state index contributed by atoms with van der Waals surface area (Å²) in [4.78, 5) is 30.2. The molecular formula is C21H22N4O5S2. The van der Waals surface area contributed by atoms with Crippen LogP contribution in [0, 0.1) is 13.8 Å². The van der Waals surface area contributed by atoms with Crippen molar-refractivity contribution in [3.8, 4) is 10.6 Å². The second-order valence-electron chi connectivity index (χ2n) is 7.54. The zero-order chi connectivity index (χ0) is 23.0. The van der Waals surface area contributed by atoms with Crippen LogP contribution in [0.15, 0.2) is 45.2 Å². The molecule has 1 aliphatic rings. The van der Waals surface area contributed by atoms with Crippen LogP contribution in [0.25, 0.3) is 10.6 Å². The smallest absolute Gasteiger partial charge is 0.284 e. The van der Waals surface area contributed by atoms with Crippen LogP contribution in [-0.2, 0) is 10.0 Å². The number of carbonyl (C=O) groups excluding carboxylic acids is 2. The van der Waals surface area contributed by atoms with Crippen molar-refractivity contribution in [3.05, 3.63) is 58.3 Å². The number of rotatable bonds is 5. The first-order chi connectivity index (χ1) is 15.2. The third kappa shape index (κ3) is 4.18. The minimum Gasteiger partial charge on any atom is -0.438 e. The van der Waals surface area contributed by atoms with Crippen LogP contribution in [0.1, 0.15) is 32.2 Å². The predicted octanol–water partition coefficient (Wildman–Crippen LogP) is 2.27. The highest BCUT2D eigenvalue weighted by atomic mass is 32.2. The Morgan fingerprint density at radius 1 is 1.09 bits per heavy atom. The summed E-state index contributed by atoms with van der Waals surface area (Å²) in [7, 11) is -3.92. The van der Waals surface area contributed by atoms with Crippen LogP contribution in [0.4, 0.5) is 0 Å². The number of sulfonamides is 1. The summed E-state index contributed by atoms with van der Waals surface area (Å²) in [6, 6.07) is 8.51. The number of aryl methyl sites for hydroxylation is 2. The van der Waals surface area contributed by atoms with Crippen molar-refractivity contribution in [1.29, 1.82) is 0 Å². The van der Waals surface area contributed by atoms with Gasteiger partial charge >= 0.3 is 0 Å². The number of carbonyl (C=O) groups is 2. The molecule has 11 heteroatoms. The van der Waals surface area contributed by atoms with Gasteiger partial charge in [0.25, 0.3) is 21.8 Å². The molecular weight excluding hydrogens is 452 g/mol. The molecule has 3 aromatic rings. The first-order valence-corrected chi connectivity index (χ1v) is 12.2. The summed E-state index contributed by atoms with van der Waals surface area (Å²) in [6.07, 6.45) is 0. The molecule has 1 aromatic carbocycles. The van der Waals surface area contributed by atoms with E-state index < -0.39 is 15.9 Å². The van der Waals surface area contributed by atoms with Crippen LogP contribution in [-0.4, -0.2) is 60.6 Å². The molecule has 0 saturated carbocycles. The number of primary amides is 1. The molecule has 168 valence electrons. The lowest BCUT2D eigenvalue weighted by Crippen LogP contribution is -2.50. The number of hydrogen-bond acceptors (Lipinski definition) is 7.